The summed E-state index contributed by atoms with van der Waals surface area (Å²) in [5.74, 6) is 0.477. The fourth-order valence-electron chi connectivity index (χ4n) is 4.60. The second-order valence-corrected chi connectivity index (χ2v) is 8.52. The molecule has 0 spiro atoms. The van der Waals surface area contributed by atoms with E-state index in [2.05, 4.69) is 39.4 Å². The Kier molecular flexibility index (Phi) is 9.00. The van der Waals surface area contributed by atoms with Crippen molar-refractivity contribution < 1.29 is 9.59 Å². The Morgan fingerprint density at radius 1 is 0.966 bits per heavy atom. The summed E-state index contributed by atoms with van der Waals surface area (Å²) in [4.78, 5) is 29.7. The quantitative estimate of drug-likeness (QED) is 0.844. The number of aryl methyl sites for hydroxylation is 1. The van der Waals surface area contributed by atoms with Crippen LogP contribution in [0, 0.1) is 0 Å². The van der Waals surface area contributed by atoms with Crippen LogP contribution in [0.4, 0.5) is 0 Å². The molecule has 29 heavy (non-hydrogen) atoms. The summed E-state index contributed by atoms with van der Waals surface area (Å²) in [5, 5.41) is 3.08. The highest BCUT2D eigenvalue weighted by Crippen LogP contribution is 2.20. The van der Waals surface area contributed by atoms with Gasteiger partial charge in [-0.3, -0.25) is 14.5 Å². The number of hydrogen-bond donors (Lipinski definition) is 1. The Labute approximate surface area is 175 Å². The van der Waals surface area contributed by atoms with E-state index >= 15 is 0 Å². The molecule has 160 valence electrons. The first-order valence-electron chi connectivity index (χ1n) is 11.5. The highest BCUT2D eigenvalue weighted by Gasteiger charge is 2.25. The molecule has 1 unspecified atom stereocenters. The number of carbonyl (C=O) groups is 2. The largest absolute Gasteiger partial charge is 0.356 e. The monoisotopic (exact) mass is 399 g/mol. The van der Waals surface area contributed by atoms with Gasteiger partial charge in [0.2, 0.25) is 11.8 Å². The van der Waals surface area contributed by atoms with E-state index in [4.69, 9.17) is 0 Å². The van der Waals surface area contributed by atoms with Crippen molar-refractivity contribution in [3.8, 4) is 0 Å². The molecular weight excluding hydrogens is 362 g/mol. The zero-order chi connectivity index (χ0) is 20.3. The topological polar surface area (TPSA) is 52.7 Å². The van der Waals surface area contributed by atoms with Crippen molar-refractivity contribution in [3.05, 3.63) is 35.9 Å². The minimum atomic E-state index is 0.190. The fourth-order valence-corrected chi connectivity index (χ4v) is 4.60. The number of nitrogens with one attached hydrogen (secondary N) is 1. The minimum absolute atomic E-state index is 0.190. The van der Waals surface area contributed by atoms with Gasteiger partial charge in [-0.25, -0.2) is 0 Å². The van der Waals surface area contributed by atoms with Gasteiger partial charge < -0.3 is 10.2 Å². The number of piperidine rings is 1. The van der Waals surface area contributed by atoms with E-state index in [-0.39, 0.29) is 11.8 Å². The Hall–Kier alpha value is -1.88. The summed E-state index contributed by atoms with van der Waals surface area (Å²) in [6.45, 7) is 4.45. The number of hydrogen-bond acceptors (Lipinski definition) is 3. The lowest BCUT2D eigenvalue weighted by Gasteiger charge is -2.35. The van der Waals surface area contributed by atoms with E-state index in [1.807, 2.05) is 6.07 Å². The SMILES string of the molecule is O=C1CC2CCCCN2CCCN(C(=O)CCCc2ccccc2)CCCCN1. The molecule has 0 bridgehead atoms. The van der Waals surface area contributed by atoms with Gasteiger partial charge in [0.25, 0.3) is 0 Å². The van der Waals surface area contributed by atoms with Gasteiger partial charge >= 0.3 is 0 Å². The highest BCUT2D eigenvalue weighted by molar-refractivity contribution is 5.76. The van der Waals surface area contributed by atoms with E-state index < -0.39 is 0 Å². The molecule has 2 fully saturated rings. The minimum Gasteiger partial charge on any atom is -0.356 e. The number of nitrogens with zero attached hydrogens (tertiary/aromatic N) is 2. The molecule has 2 aliphatic rings. The molecule has 1 N–H and O–H groups in total. The van der Waals surface area contributed by atoms with Crippen molar-refractivity contribution in [2.75, 3.05) is 32.7 Å². The van der Waals surface area contributed by atoms with Crippen LogP contribution in [0.5, 0.6) is 0 Å². The van der Waals surface area contributed by atoms with E-state index in [9.17, 15) is 9.59 Å². The molecule has 1 aromatic carbocycles. The molecule has 2 saturated heterocycles. The van der Waals surface area contributed by atoms with Crippen LogP contribution in [0.3, 0.4) is 0 Å². The average Bonchev–Trinajstić information content (AvgIpc) is 2.75. The number of fused-ring (bicyclic) bond motifs is 1. The van der Waals surface area contributed by atoms with Gasteiger partial charge in [0.05, 0.1) is 0 Å². The summed E-state index contributed by atoms with van der Waals surface area (Å²) < 4.78 is 0. The molecular formula is C24H37N3O2. The van der Waals surface area contributed by atoms with Crippen LogP contribution < -0.4 is 5.32 Å². The van der Waals surface area contributed by atoms with Gasteiger partial charge in [-0.15, -0.1) is 0 Å². The Morgan fingerprint density at radius 2 is 1.72 bits per heavy atom. The second-order valence-electron chi connectivity index (χ2n) is 8.52. The van der Waals surface area contributed by atoms with Crippen LogP contribution in [0.1, 0.15) is 63.4 Å². The first-order chi connectivity index (χ1) is 14.2. The fraction of sp³-hybridized carbons (Fsp3) is 0.667. The molecule has 0 aliphatic carbocycles. The molecule has 5 heteroatoms. The van der Waals surface area contributed by atoms with E-state index in [0.29, 0.717) is 18.9 Å². The summed E-state index contributed by atoms with van der Waals surface area (Å²) in [7, 11) is 0. The van der Waals surface area contributed by atoms with Crippen molar-refractivity contribution >= 4 is 11.8 Å². The molecule has 0 saturated carbocycles. The predicted octanol–water partition coefficient (Wildman–Crippen LogP) is 3.38. The van der Waals surface area contributed by atoms with Crippen molar-refractivity contribution in [3.63, 3.8) is 0 Å². The standard InChI is InChI=1S/C24H37N3O2/c28-23-20-22-13-4-6-16-26(22)18-9-19-27(17-7-5-15-25-23)24(29)14-8-12-21-10-2-1-3-11-21/h1-3,10-11,22H,4-9,12-20H2,(H,25,28). The molecule has 2 aliphatic heterocycles. The Balaban J connectivity index is 1.51. The number of rotatable bonds is 4. The van der Waals surface area contributed by atoms with Crippen LogP contribution in [-0.4, -0.2) is 60.4 Å². The third-order valence-corrected chi connectivity index (χ3v) is 6.27. The molecule has 0 aromatic heterocycles. The summed E-state index contributed by atoms with van der Waals surface area (Å²) in [5.41, 5.74) is 1.30. The first kappa shape index (κ1) is 21.8. The van der Waals surface area contributed by atoms with Gasteiger partial charge in [0.1, 0.15) is 0 Å². The third-order valence-electron chi connectivity index (χ3n) is 6.27. The van der Waals surface area contributed by atoms with E-state index in [1.165, 1.54) is 18.4 Å². The number of amides is 2. The van der Waals surface area contributed by atoms with Crippen LogP contribution in [-0.2, 0) is 16.0 Å². The van der Waals surface area contributed by atoms with Gasteiger partial charge in [0.15, 0.2) is 0 Å². The molecule has 1 aromatic rings. The zero-order valence-electron chi connectivity index (χ0n) is 17.8. The Morgan fingerprint density at radius 3 is 2.59 bits per heavy atom. The predicted molar refractivity (Wildman–Crippen MR) is 117 cm³/mol. The smallest absolute Gasteiger partial charge is 0.222 e. The van der Waals surface area contributed by atoms with Crippen LogP contribution in [0.2, 0.25) is 0 Å². The molecule has 0 radical (unpaired) electrons. The summed E-state index contributed by atoms with van der Waals surface area (Å²) in [6.07, 6.45) is 9.58. The molecule has 2 amide bonds. The van der Waals surface area contributed by atoms with Gasteiger partial charge in [-0.05, 0) is 57.1 Å². The highest BCUT2D eigenvalue weighted by atomic mass is 16.2. The lowest BCUT2D eigenvalue weighted by molar-refractivity contribution is -0.131. The van der Waals surface area contributed by atoms with Crippen molar-refractivity contribution in [2.24, 2.45) is 0 Å². The molecule has 2 heterocycles. The van der Waals surface area contributed by atoms with E-state index in [1.54, 1.807) is 0 Å². The third kappa shape index (κ3) is 7.46. The first-order valence-corrected chi connectivity index (χ1v) is 11.5. The second kappa shape index (κ2) is 12.0. The maximum absolute atomic E-state index is 12.9. The van der Waals surface area contributed by atoms with Crippen molar-refractivity contribution in [1.29, 1.82) is 0 Å². The Bertz CT molecular complexity index is 634. The lowest BCUT2D eigenvalue weighted by atomic mass is 9.98. The maximum Gasteiger partial charge on any atom is 0.222 e. The lowest BCUT2D eigenvalue weighted by Crippen LogP contribution is -2.44. The summed E-state index contributed by atoms with van der Waals surface area (Å²) in [6, 6.07) is 10.8. The molecule has 1 atom stereocenters. The maximum atomic E-state index is 12.9. The van der Waals surface area contributed by atoms with Gasteiger partial charge in [-0.2, -0.15) is 0 Å². The van der Waals surface area contributed by atoms with Crippen LogP contribution in [0.15, 0.2) is 30.3 Å². The van der Waals surface area contributed by atoms with E-state index in [0.717, 1.165) is 71.2 Å². The summed E-state index contributed by atoms with van der Waals surface area (Å²) >= 11 is 0. The average molecular weight is 400 g/mol. The molecule has 3 rings (SSSR count). The van der Waals surface area contributed by atoms with Crippen molar-refractivity contribution in [1.82, 2.24) is 15.1 Å². The van der Waals surface area contributed by atoms with Crippen LogP contribution >= 0.6 is 0 Å². The molecule has 5 nitrogen and oxygen atoms in total. The normalized spacial score (nSPS) is 22.6. The van der Waals surface area contributed by atoms with Crippen LogP contribution in [0.25, 0.3) is 0 Å². The number of benzene rings is 1. The number of carbonyl (C=O) groups excluding carboxylic acids is 2. The van der Waals surface area contributed by atoms with Gasteiger partial charge in [0, 0.05) is 45.1 Å². The zero-order valence-corrected chi connectivity index (χ0v) is 17.8. The van der Waals surface area contributed by atoms with Gasteiger partial charge in [-0.1, -0.05) is 36.8 Å². The van der Waals surface area contributed by atoms with Crippen molar-refractivity contribution in [2.45, 2.75) is 70.3 Å².